The number of halogens is 1. The standard InChI is InChI=1S/C17H17FN2OS/c18-14-6-2-3-7-15(14)19-9-11-20(12-10-19)17(22)13-5-1-4-8-16(13)21/h1-8,21H,9-12H2. The summed E-state index contributed by atoms with van der Waals surface area (Å²) in [5.74, 6) is -0.213. The third-order valence-corrected chi connectivity index (χ3v) is 4.50. The van der Waals surface area contributed by atoms with Crippen molar-refractivity contribution in [3.05, 3.63) is 59.9 Å². The van der Waals surface area contributed by atoms with Crippen LogP contribution >= 0.6 is 12.2 Å². The molecule has 5 heteroatoms. The van der Waals surface area contributed by atoms with Gasteiger partial charge >= 0.3 is 0 Å². The van der Waals surface area contributed by atoms with Crippen LogP contribution in [0.5, 0.6) is 5.75 Å². The second kappa shape index (κ2) is 6.42. The third kappa shape index (κ3) is 2.96. The van der Waals surface area contributed by atoms with Crippen molar-refractivity contribution in [3.8, 4) is 5.75 Å². The smallest absolute Gasteiger partial charge is 0.183 e. The molecule has 0 radical (unpaired) electrons. The van der Waals surface area contributed by atoms with Crippen molar-refractivity contribution < 1.29 is 14.4 Å². The number of hydrogen-bond acceptors (Lipinski definition) is 2. The maximum absolute atomic E-state index is 13.8. The van der Waals surface area contributed by atoms with Crippen LogP contribution in [0.2, 0.25) is 0 Å². The van der Waals surface area contributed by atoms with Gasteiger partial charge in [0.25, 0.3) is 0 Å². The van der Waals surface area contributed by atoms with E-state index in [9.17, 15) is 9.50 Å². The van der Waals surface area contributed by atoms with E-state index in [0.29, 0.717) is 16.2 Å². The zero-order chi connectivity index (χ0) is 15.5. The Kier molecular flexibility index (Phi) is 4.36. The van der Waals surface area contributed by atoms with E-state index in [4.69, 9.17) is 12.2 Å². The third-order valence-electron chi connectivity index (χ3n) is 4.03. The van der Waals surface area contributed by atoms with E-state index in [2.05, 4.69) is 0 Å². The number of nitrogens with zero attached hydrogens (tertiary/aromatic N) is 1. The fourth-order valence-corrected chi connectivity index (χ4v) is 3.16. The van der Waals surface area contributed by atoms with Crippen molar-refractivity contribution in [1.29, 1.82) is 0 Å². The van der Waals surface area contributed by atoms with Crippen LogP contribution in [0, 0.1) is 5.82 Å². The minimum absolute atomic E-state index is 0.0450. The number of thiocarbonyl (C=S) groups is 1. The monoisotopic (exact) mass is 316 g/mol. The number of para-hydroxylation sites is 2. The Labute approximate surface area is 134 Å². The van der Waals surface area contributed by atoms with Crippen LogP contribution in [-0.4, -0.2) is 36.1 Å². The first-order valence-corrected chi connectivity index (χ1v) is 7.72. The summed E-state index contributed by atoms with van der Waals surface area (Å²) in [5, 5.41) is 11.9. The van der Waals surface area contributed by atoms with Gasteiger partial charge in [0.2, 0.25) is 0 Å². The summed E-state index contributed by atoms with van der Waals surface area (Å²) in [5.41, 5.74) is 1.28. The Morgan fingerprint density at radius 1 is 1.05 bits per heavy atom. The van der Waals surface area contributed by atoms with Crippen LogP contribution in [0.15, 0.2) is 48.5 Å². The van der Waals surface area contributed by atoms with Gasteiger partial charge in [-0.15, -0.1) is 0 Å². The molecule has 0 bridgehead atoms. The Balaban J connectivity index is 1.68. The number of rotatable bonds is 2. The van der Waals surface area contributed by atoms with E-state index in [-0.39, 0.29) is 11.6 Å². The van der Waals surface area contributed by atoms with Crippen molar-refractivity contribution in [2.24, 2.45) is 0 Å². The number of hydrogen-bond donors (Lipinski definition) is 1. The Morgan fingerprint density at radius 2 is 1.68 bits per heavy atom. The molecule has 3 nitrogen and oxygen atoms in total. The van der Waals surface area contributed by atoms with E-state index >= 15 is 0 Å². The zero-order valence-electron chi connectivity index (χ0n) is 12.1. The van der Waals surface area contributed by atoms with Crippen LogP contribution in [0.4, 0.5) is 10.1 Å². The lowest BCUT2D eigenvalue weighted by Gasteiger charge is -2.34. The van der Waals surface area contributed by atoms with Crippen LogP contribution in [0.25, 0.3) is 0 Å². The predicted molar refractivity (Wildman–Crippen MR) is 85.9 cm³/mol. The first kappa shape index (κ1) is 14.9. The highest BCUT2D eigenvalue weighted by molar-refractivity contribution is 7.80. The number of quaternary nitrogens is 1. The van der Waals surface area contributed by atoms with E-state index in [1.165, 1.54) is 12.1 Å². The molecule has 0 unspecified atom stereocenters. The maximum atomic E-state index is 13.8. The Hall–Kier alpha value is -1.98. The Bertz CT molecular complexity index is 684. The summed E-state index contributed by atoms with van der Waals surface area (Å²) in [6.07, 6.45) is 0. The largest absolute Gasteiger partial charge is 0.872 e. The lowest BCUT2D eigenvalue weighted by molar-refractivity contribution is -0.838. The van der Waals surface area contributed by atoms with Gasteiger partial charge in [0, 0.05) is 11.6 Å². The zero-order valence-corrected chi connectivity index (χ0v) is 12.9. The molecule has 1 aliphatic rings. The fraction of sp³-hybridized carbons (Fsp3) is 0.235. The van der Waals surface area contributed by atoms with E-state index < -0.39 is 0 Å². The fourth-order valence-electron chi connectivity index (χ4n) is 2.81. The van der Waals surface area contributed by atoms with Gasteiger partial charge in [-0.05, 0) is 6.07 Å². The number of benzene rings is 2. The quantitative estimate of drug-likeness (QED) is 0.842. The molecule has 2 aromatic rings. The molecule has 0 aromatic heterocycles. The number of piperazine rings is 1. The molecule has 0 spiro atoms. The van der Waals surface area contributed by atoms with Crippen molar-refractivity contribution in [2.75, 3.05) is 26.2 Å². The van der Waals surface area contributed by atoms with Gasteiger partial charge in [-0.2, -0.15) is 0 Å². The van der Waals surface area contributed by atoms with Crippen LogP contribution in [-0.2, 0) is 0 Å². The summed E-state index contributed by atoms with van der Waals surface area (Å²) >= 11 is 5.45. The topological polar surface area (TPSA) is 30.7 Å². The summed E-state index contributed by atoms with van der Waals surface area (Å²) in [4.78, 5) is 3.75. The molecule has 1 N–H and O–H groups in total. The van der Waals surface area contributed by atoms with Gasteiger partial charge in [0.1, 0.15) is 4.99 Å². The van der Waals surface area contributed by atoms with Crippen molar-refractivity contribution >= 4 is 22.9 Å². The van der Waals surface area contributed by atoms with E-state index in [1.54, 1.807) is 18.2 Å². The minimum atomic E-state index is -0.168. The average molecular weight is 316 g/mol. The summed E-state index contributed by atoms with van der Waals surface area (Å²) in [6.45, 7) is 2.97. The van der Waals surface area contributed by atoms with Gasteiger partial charge in [0.15, 0.2) is 11.5 Å². The van der Waals surface area contributed by atoms with Gasteiger partial charge < -0.3 is 10.0 Å². The molecular weight excluding hydrogens is 299 g/mol. The molecule has 3 rings (SSSR count). The first-order chi connectivity index (χ1) is 10.7. The highest BCUT2D eigenvalue weighted by Crippen LogP contribution is 2.16. The van der Waals surface area contributed by atoms with Crippen LogP contribution in [0.1, 0.15) is 5.56 Å². The van der Waals surface area contributed by atoms with Crippen LogP contribution in [0.3, 0.4) is 0 Å². The molecule has 1 saturated heterocycles. The second-order valence-electron chi connectivity index (χ2n) is 5.37. The average Bonchev–Trinajstić information content (AvgIpc) is 2.55. The Morgan fingerprint density at radius 3 is 2.36 bits per heavy atom. The van der Waals surface area contributed by atoms with Crippen molar-refractivity contribution in [1.82, 2.24) is 4.90 Å². The lowest BCUT2D eigenvalue weighted by Crippen LogP contribution is -3.10. The van der Waals surface area contributed by atoms with Crippen molar-refractivity contribution in [3.63, 3.8) is 0 Å². The molecule has 114 valence electrons. The molecule has 1 aliphatic heterocycles. The lowest BCUT2D eigenvalue weighted by atomic mass is 10.1. The molecule has 2 aromatic carbocycles. The molecular formula is C17H17FN2OS. The van der Waals surface area contributed by atoms with Crippen LogP contribution < -0.4 is 10.0 Å². The molecule has 0 saturated carbocycles. The molecule has 0 atom stereocenters. The maximum Gasteiger partial charge on any atom is 0.183 e. The van der Waals surface area contributed by atoms with Gasteiger partial charge in [-0.25, -0.2) is 4.39 Å². The molecule has 0 aliphatic carbocycles. The second-order valence-corrected chi connectivity index (χ2v) is 5.76. The van der Waals surface area contributed by atoms with Gasteiger partial charge in [0.05, 0.1) is 26.2 Å². The molecule has 1 fully saturated rings. The van der Waals surface area contributed by atoms with E-state index in [0.717, 1.165) is 31.1 Å². The normalized spacial score (nSPS) is 15.8. The van der Waals surface area contributed by atoms with Gasteiger partial charge in [-0.1, -0.05) is 54.4 Å². The summed E-state index contributed by atoms with van der Waals surface area (Å²) in [7, 11) is 0. The summed E-state index contributed by atoms with van der Waals surface area (Å²) in [6, 6.07) is 13.7. The SMILES string of the molecule is [O-]c1ccccc1C(=S)N1CC[NH+](c2ccccc2F)CC1. The van der Waals surface area contributed by atoms with Crippen molar-refractivity contribution in [2.45, 2.75) is 0 Å². The predicted octanol–water partition coefficient (Wildman–Crippen LogP) is 1.11. The number of nitrogens with one attached hydrogen (secondary N) is 1. The molecule has 1 heterocycles. The highest BCUT2D eigenvalue weighted by atomic mass is 32.1. The highest BCUT2D eigenvalue weighted by Gasteiger charge is 2.25. The first-order valence-electron chi connectivity index (χ1n) is 7.32. The molecule has 0 amide bonds. The van der Waals surface area contributed by atoms with Gasteiger partial charge in [-0.3, -0.25) is 4.90 Å². The van der Waals surface area contributed by atoms with E-state index in [1.807, 2.05) is 23.1 Å². The molecule has 22 heavy (non-hydrogen) atoms. The summed E-state index contributed by atoms with van der Waals surface area (Å²) < 4.78 is 13.8. The minimum Gasteiger partial charge on any atom is -0.872 e.